The molecule has 1 saturated carbocycles. The van der Waals surface area contributed by atoms with Gasteiger partial charge < -0.3 is 14.9 Å². The first-order valence-electron chi connectivity index (χ1n) is 7.13. The standard InChI is InChI=1S/C16H24O4/c1-9-7-12-11(10(2)15(18)20-4)5-6-16(3,19)13(12)8-14(9)17/h7,11-14,17,19H,2,5-6,8H2,1,3-4H3/t11-,12+,13+,14-,16+/m0/s1. The number of rotatable bonds is 2. The molecule has 0 unspecified atom stereocenters. The second-order valence-corrected chi connectivity index (χ2v) is 6.37. The summed E-state index contributed by atoms with van der Waals surface area (Å²) in [6.07, 6.45) is 3.35. The molecular weight excluding hydrogens is 256 g/mol. The molecule has 2 N–H and O–H groups in total. The van der Waals surface area contributed by atoms with E-state index in [2.05, 4.69) is 6.58 Å². The zero-order chi connectivity index (χ0) is 15.1. The highest BCUT2D eigenvalue weighted by Gasteiger charge is 2.48. The molecule has 4 nitrogen and oxygen atoms in total. The zero-order valence-electron chi connectivity index (χ0n) is 12.4. The maximum atomic E-state index is 11.7. The van der Waals surface area contributed by atoms with E-state index in [1.54, 1.807) is 0 Å². The highest BCUT2D eigenvalue weighted by molar-refractivity contribution is 5.88. The fourth-order valence-electron chi connectivity index (χ4n) is 3.69. The van der Waals surface area contributed by atoms with Gasteiger partial charge in [0.15, 0.2) is 0 Å². The zero-order valence-corrected chi connectivity index (χ0v) is 12.4. The highest BCUT2D eigenvalue weighted by Crippen LogP contribution is 2.49. The summed E-state index contributed by atoms with van der Waals surface area (Å²) in [6, 6.07) is 0. The minimum atomic E-state index is -0.810. The first kappa shape index (κ1) is 15.3. The number of carbonyl (C=O) groups is 1. The van der Waals surface area contributed by atoms with Gasteiger partial charge in [-0.2, -0.15) is 0 Å². The van der Waals surface area contributed by atoms with E-state index in [-0.39, 0.29) is 23.7 Å². The van der Waals surface area contributed by atoms with E-state index in [4.69, 9.17) is 4.74 Å². The van der Waals surface area contributed by atoms with Crippen molar-refractivity contribution < 1.29 is 19.7 Å². The van der Waals surface area contributed by atoms with E-state index >= 15 is 0 Å². The summed E-state index contributed by atoms with van der Waals surface area (Å²) < 4.78 is 4.77. The average molecular weight is 280 g/mol. The molecule has 4 heteroatoms. The molecule has 0 aliphatic heterocycles. The number of carbonyl (C=O) groups excluding carboxylic acids is 1. The van der Waals surface area contributed by atoms with Crippen LogP contribution in [0.3, 0.4) is 0 Å². The Morgan fingerprint density at radius 3 is 2.80 bits per heavy atom. The summed E-state index contributed by atoms with van der Waals surface area (Å²) in [6.45, 7) is 7.60. The fraction of sp³-hybridized carbons (Fsp3) is 0.688. The number of allylic oxidation sites excluding steroid dienone is 1. The van der Waals surface area contributed by atoms with Crippen molar-refractivity contribution in [3.63, 3.8) is 0 Å². The summed E-state index contributed by atoms with van der Waals surface area (Å²) in [5.74, 6) is -0.419. The quantitative estimate of drug-likeness (QED) is 0.460. The van der Waals surface area contributed by atoms with Crippen LogP contribution in [-0.2, 0) is 9.53 Å². The molecule has 2 rings (SSSR count). The lowest BCUT2D eigenvalue weighted by atomic mass is 9.59. The largest absolute Gasteiger partial charge is 0.466 e. The molecule has 0 aromatic rings. The third kappa shape index (κ3) is 2.54. The summed E-state index contributed by atoms with van der Waals surface area (Å²) in [7, 11) is 1.36. The van der Waals surface area contributed by atoms with Crippen molar-refractivity contribution in [1.82, 2.24) is 0 Å². The Labute approximate surface area is 120 Å². The third-order valence-corrected chi connectivity index (χ3v) is 5.04. The monoisotopic (exact) mass is 280 g/mol. The maximum Gasteiger partial charge on any atom is 0.333 e. The van der Waals surface area contributed by atoms with Gasteiger partial charge in [-0.1, -0.05) is 12.7 Å². The van der Waals surface area contributed by atoms with Crippen LogP contribution in [0.1, 0.15) is 33.1 Å². The van der Waals surface area contributed by atoms with Gasteiger partial charge in [-0.05, 0) is 56.4 Å². The molecule has 5 atom stereocenters. The van der Waals surface area contributed by atoms with E-state index in [1.165, 1.54) is 7.11 Å². The van der Waals surface area contributed by atoms with Crippen LogP contribution in [0.5, 0.6) is 0 Å². The number of methoxy groups -OCH3 is 1. The summed E-state index contributed by atoms with van der Waals surface area (Å²) in [4.78, 5) is 11.7. The SMILES string of the molecule is C=C(C(=O)OC)[C@@H]1CC[C@@](C)(O)[C@@H]2C[C@H](O)C(C)=C[C@@H]21. The number of esters is 1. The van der Waals surface area contributed by atoms with Crippen LogP contribution in [-0.4, -0.2) is 35.0 Å². The van der Waals surface area contributed by atoms with Crippen LogP contribution < -0.4 is 0 Å². The molecular formula is C16H24O4. The highest BCUT2D eigenvalue weighted by atomic mass is 16.5. The molecule has 0 aromatic heterocycles. The molecule has 0 saturated heterocycles. The minimum absolute atomic E-state index is 0.0184. The second-order valence-electron chi connectivity index (χ2n) is 6.37. The van der Waals surface area contributed by atoms with Crippen molar-refractivity contribution in [2.45, 2.75) is 44.8 Å². The number of hydrogen-bond donors (Lipinski definition) is 2. The smallest absolute Gasteiger partial charge is 0.333 e. The Kier molecular flexibility index (Phi) is 4.07. The molecule has 0 heterocycles. The first-order valence-corrected chi connectivity index (χ1v) is 7.13. The lowest BCUT2D eigenvalue weighted by Crippen LogP contribution is -2.50. The van der Waals surface area contributed by atoms with Gasteiger partial charge in [0.05, 0.1) is 18.8 Å². The fourth-order valence-corrected chi connectivity index (χ4v) is 3.69. The van der Waals surface area contributed by atoms with E-state index in [0.29, 0.717) is 24.8 Å². The van der Waals surface area contributed by atoms with Gasteiger partial charge in [0.1, 0.15) is 0 Å². The van der Waals surface area contributed by atoms with Crippen molar-refractivity contribution in [3.05, 3.63) is 23.8 Å². The predicted molar refractivity (Wildman–Crippen MR) is 75.9 cm³/mol. The van der Waals surface area contributed by atoms with Crippen LogP contribution in [0.25, 0.3) is 0 Å². The second kappa shape index (κ2) is 5.34. The number of aliphatic hydroxyl groups is 2. The van der Waals surface area contributed by atoms with Crippen LogP contribution >= 0.6 is 0 Å². The molecule has 0 radical (unpaired) electrons. The van der Waals surface area contributed by atoms with Crippen molar-refractivity contribution >= 4 is 5.97 Å². The number of fused-ring (bicyclic) bond motifs is 1. The molecule has 2 aliphatic rings. The Balaban J connectivity index is 2.33. The Morgan fingerprint density at radius 1 is 1.55 bits per heavy atom. The van der Waals surface area contributed by atoms with Crippen LogP contribution in [0, 0.1) is 17.8 Å². The van der Waals surface area contributed by atoms with Gasteiger partial charge in [0, 0.05) is 5.57 Å². The number of hydrogen-bond acceptors (Lipinski definition) is 4. The predicted octanol–water partition coefficient (Wildman–Crippen LogP) is 1.82. The van der Waals surface area contributed by atoms with Crippen molar-refractivity contribution in [2.75, 3.05) is 7.11 Å². The van der Waals surface area contributed by atoms with Crippen LogP contribution in [0.4, 0.5) is 0 Å². The molecule has 2 aliphatic carbocycles. The van der Waals surface area contributed by atoms with E-state index in [0.717, 1.165) is 5.57 Å². The maximum absolute atomic E-state index is 11.7. The van der Waals surface area contributed by atoms with Gasteiger partial charge in [-0.3, -0.25) is 0 Å². The molecule has 0 amide bonds. The molecule has 20 heavy (non-hydrogen) atoms. The summed E-state index contributed by atoms with van der Waals surface area (Å²) in [5.41, 5.74) is 0.570. The number of aliphatic hydroxyl groups excluding tert-OH is 1. The van der Waals surface area contributed by atoms with Crippen molar-refractivity contribution in [1.29, 1.82) is 0 Å². The molecule has 112 valence electrons. The van der Waals surface area contributed by atoms with E-state index in [1.807, 2.05) is 19.9 Å². The Morgan fingerprint density at radius 2 is 2.20 bits per heavy atom. The van der Waals surface area contributed by atoms with Crippen LogP contribution in [0.15, 0.2) is 23.8 Å². The Hall–Kier alpha value is -1.13. The molecule has 0 bridgehead atoms. The molecule has 0 aromatic carbocycles. The van der Waals surface area contributed by atoms with E-state index < -0.39 is 11.7 Å². The topological polar surface area (TPSA) is 66.8 Å². The van der Waals surface area contributed by atoms with Gasteiger partial charge in [-0.15, -0.1) is 0 Å². The minimum Gasteiger partial charge on any atom is -0.466 e. The summed E-state index contributed by atoms with van der Waals surface area (Å²) >= 11 is 0. The lowest BCUT2D eigenvalue weighted by Gasteiger charge is -2.49. The van der Waals surface area contributed by atoms with Crippen molar-refractivity contribution in [3.8, 4) is 0 Å². The van der Waals surface area contributed by atoms with Gasteiger partial charge >= 0.3 is 5.97 Å². The van der Waals surface area contributed by atoms with E-state index in [9.17, 15) is 15.0 Å². The van der Waals surface area contributed by atoms with Crippen molar-refractivity contribution in [2.24, 2.45) is 17.8 Å². The molecule has 0 spiro atoms. The van der Waals surface area contributed by atoms with Crippen LogP contribution in [0.2, 0.25) is 0 Å². The van der Waals surface area contributed by atoms with Gasteiger partial charge in [-0.25, -0.2) is 4.79 Å². The summed E-state index contributed by atoms with van der Waals surface area (Å²) in [5, 5.41) is 20.6. The number of ether oxygens (including phenoxy) is 1. The molecule has 1 fully saturated rings. The lowest BCUT2D eigenvalue weighted by molar-refractivity contribution is -0.138. The Bertz CT molecular complexity index is 449. The normalized spacial score (nSPS) is 40.5. The average Bonchev–Trinajstić information content (AvgIpc) is 2.39. The van der Waals surface area contributed by atoms with Gasteiger partial charge in [0.25, 0.3) is 0 Å². The first-order chi connectivity index (χ1) is 9.27. The third-order valence-electron chi connectivity index (χ3n) is 5.04. The van der Waals surface area contributed by atoms with Gasteiger partial charge in [0.2, 0.25) is 0 Å².